The number of hydrogen-bond acceptors (Lipinski definition) is 5. The first-order chi connectivity index (χ1) is 11.6. The maximum atomic E-state index is 12.3. The third kappa shape index (κ3) is 7.74. The van der Waals surface area contributed by atoms with E-state index in [1.54, 1.807) is 45.0 Å². The van der Waals surface area contributed by atoms with Crippen molar-refractivity contribution in [2.45, 2.75) is 45.6 Å². The van der Waals surface area contributed by atoms with Crippen molar-refractivity contribution in [1.82, 2.24) is 0 Å². The Morgan fingerprint density at radius 1 is 1.20 bits per heavy atom. The predicted octanol–water partition coefficient (Wildman–Crippen LogP) is 3.04. The molecule has 0 aliphatic carbocycles. The molecule has 6 heteroatoms. The van der Waals surface area contributed by atoms with Crippen LogP contribution < -0.4 is 0 Å². The molecule has 1 rings (SSSR count). The van der Waals surface area contributed by atoms with Crippen LogP contribution in [0.3, 0.4) is 0 Å². The van der Waals surface area contributed by atoms with Gasteiger partial charge in [0.15, 0.2) is 0 Å². The Labute approximate surface area is 148 Å². The molecule has 1 aromatic rings. The molecule has 1 aromatic carbocycles. The first-order valence-electron chi connectivity index (χ1n) is 8.18. The van der Waals surface area contributed by atoms with Gasteiger partial charge in [-0.05, 0) is 37.5 Å². The second-order valence-corrected chi connectivity index (χ2v) is 6.43. The fourth-order valence-corrected chi connectivity index (χ4v) is 2.23. The molecule has 0 heterocycles. The van der Waals surface area contributed by atoms with Gasteiger partial charge in [-0.1, -0.05) is 12.1 Å². The number of carbonyl (C=O) groups excluding carboxylic acids is 2. The molecule has 1 unspecified atom stereocenters. The molecule has 25 heavy (non-hydrogen) atoms. The number of aliphatic carboxylic acids is 1. The number of benzene rings is 1. The fraction of sp³-hybridized carbons (Fsp3) is 0.474. The van der Waals surface area contributed by atoms with E-state index in [-0.39, 0.29) is 12.8 Å². The van der Waals surface area contributed by atoms with Gasteiger partial charge in [0, 0.05) is 20.3 Å². The van der Waals surface area contributed by atoms with Gasteiger partial charge in [-0.2, -0.15) is 0 Å². The highest BCUT2D eigenvalue weighted by atomic mass is 16.6. The lowest BCUT2D eigenvalue weighted by Crippen LogP contribution is -2.30. The minimum absolute atomic E-state index is 0.127. The molecule has 1 atom stereocenters. The maximum Gasteiger partial charge on any atom is 0.338 e. The van der Waals surface area contributed by atoms with Crippen molar-refractivity contribution in [3.63, 3.8) is 0 Å². The van der Waals surface area contributed by atoms with E-state index in [4.69, 9.17) is 14.6 Å². The SMILES string of the molecule is [CH2+]C(C)(C)OC(=O)C(CCC(=O)O)Cc1ccc(C(=O)OCC)cc1. The average Bonchev–Trinajstić information content (AvgIpc) is 2.50. The molecular weight excluding hydrogens is 324 g/mol. The highest BCUT2D eigenvalue weighted by Gasteiger charge is 2.29. The Balaban J connectivity index is 2.83. The zero-order valence-electron chi connectivity index (χ0n) is 14.9. The number of carboxylic acids is 1. The molecule has 0 spiro atoms. The van der Waals surface area contributed by atoms with Crippen LogP contribution >= 0.6 is 0 Å². The largest absolute Gasteiger partial charge is 0.481 e. The lowest BCUT2D eigenvalue weighted by molar-refractivity contribution is -0.158. The predicted molar refractivity (Wildman–Crippen MR) is 92.0 cm³/mol. The number of carboxylic acid groups (broad SMARTS) is 1. The fourth-order valence-electron chi connectivity index (χ4n) is 2.23. The van der Waals surface area contributed by atoms with Crippen LogP contribution in [-0.2, 0) is 25.5 Å². The molecule has 0 fully saturated rings. The molecule has 0 bridgehead atoms. The van der Waals surface area contributed by atoms with Gasteiger partial charge in [0.05, 0.1) is 18.1 Å². The smallest absolute Gasteiger partial charge is 0.338 e. The van der Waals surface area contributed by atoms with E-state index in [0.717, 1.165) is 5.56 Å². The molecule has 0 aliphatic heterocycles. The lowest BCUT2D eigenvalue weighted by Gasteiger charge is -2.19. The summed E-state index contributed by atoms with van der Waals surface area (Å²) in [6.45, 7) is 9.08. The van der Waals surface area contributed by atoms with Crippen molar-refractivity contribution in [3.8, 4) is 0 Å². The Bertz CT molecular complexity index is 597. The number of carbonyl (C=O) groups is 3. The van der Waals surface area contributed by atoms with E-state index >= 15 is 0 Å². The van der Waals surface area contributed by atoms with Crippen LogP contribution in [0.5, 0.6) is 0 Å². The number of hydrogen-bond donors (Lipinski definition) is 1. The zero-order valence-corrected chi connectivity index (χ0v) is 14.9. The third-order valence-electron chi connectivity index (χ3n) is 3.36. The van der Waals surface area contributed by atoms with Gasteiger partial charge in [-0.15, -0.1) is 0 Å². The van der Waals surface area contributed by atoms with Crippen molar-refractivity contribution in [1.29, 1.82) is 0 Å². The standard InChI is InChI=1S/C19H24O6/c1-5-24-17(22)14-8-6-13(7-9-14)12-15(10-11-16(20)21)18(23)25-19(2,3)4/h6-9,15H,2,5,10-12H2,1,3-4H3/p+1. The third-order valence-corrected chi connectivity index (χ3v) is 3.36. The quantitative estimate of drug-likeness (QED) is 0.544. The molecule has 0 saturated heterocycles. The lowest BCUT2D eigenvalue weighted by atomic mass is 9.94. The number of ether oxygens (including phenoxy) is 2. The summed E-state index contributed by atoms with van der Waals surface area (Å²) >= 11 is 0. The van der Waals surface area contributed by atoms with E-state index in [1.165, 1.54) is 0 Å². The Morgan fingerprint density at radius 2 is 1.80 bits per heavy atom. The molecule has 6 nitrogen and oxygen atoms in total. The second-order valence-electron chi connectivity index (χ2n) is 6.43. The van der Waals surface area contributed by atoms with Crippen LogP contribution in [0.1, 0.15) is 49.5 Å². The highest BCUT2D eigenvalue weighted by Crippen LogP contribution is 2.20. The Hall–Kier alpha value is -2.50. The summed E-state index contributed by atoms with van der Waals surface area (Å²) in [6.07, 6.45) is 0.368. The topological polar surface area (TPSA) is 89.9 Å². The van der Waals surface area contributed by atoms with Crippen molar-refractivity contribution in [2.24, 2.45) is 5.92 Å². The Morgan fingerprint density at radius 3 is 2.28 bits per heavy atom. The Kier molecular flexibility index (Phi) is 7.48. The monoisotopic (exact) mass is 349 g/mol. The average molecular weight is 349 g/mol. The molecule has 0 amide bonds. The molecule has 0 saturated carbocycles. The van der Waals surface area contributed by atoms with Crippen molar-refractivity contribution >= 4 is 17.9 Å². The van der Waals surface area contributed by atoms with Crippen molar-refractivity contribution in [3.05, 3.63) is 42.3 Å². The van der Waals surface area contributed by atoms with Gasteiger partial charge in [-0.25, -0.2) is 4.79 Å². The van der Waals surface area contributed by atoms with Crippen LogP contribution in [0.4, 0.5) is 0 Å². The first-order valence-corrected chi connectivity index (χ1v) is 8.18. The van der Waals surface area contributed by atoms with E-state index in [2.05, 4.69) is 6.92 Å². The molecule has 0 aromatic heterocycles. The number of esters is 2. The first kappa shape index (κ1) is 20.5. The van der Waals surface area contributed by atoms with E-state index < -0.39 is 29.4 Å². The van der Waals surface area contributed by atoms with Gasteiger partial charge in [0.25, 0.3) is 0 Å². The summed E-state index contributed by atoms with van der Waals surface area (Å²) in [7, 11) is 0. The number of rotatable bonds is 9. The summed E-state index contributed by atoms with van der Waals surface area (Å²) in [5, 5.41) is 8.87. The molecule has 136 valence electrons. The second kappa shape index (κ2) is 9.11. The maximum absolute atomic E-state index is 12.3. The zero-order chi connectivity index (χ0) is 19.0. The molecular formula is C19H25O6+. The minimum Gasteiger partial charge on any atom is -0.481 e. The summed E-state index contributed by atoms with van der Waals surface area (Å²) < 4.78 is 10.2. The summed E-state index contributed by atoms with van der Waals surface area (Å²) in [5.74, 6) is -2.44. The van der Waals surface area contributed by atoms with Gasteiger partial charge in [0.1, 0.15) is 6.92 Å². The summed E-state index contributed by atoms with van der Waals surface area (Å²) in [4.78, 5) is 34.8. The van der Waals surface area contributed by atoms with Crippen molar-refractivity contribution in [2.75, 3.05) is 6.61 Å². The molecule has 1 N–H and O–H groups in total. The van der Waals surface area contributed by atoms with Crippen LogP contribution in [-0.4, -0.2) is 35.2 Å². The van der Waals surface area contributed by atoms with Crippen LogP contribution in [0.2, 0.25) is 0 Å². The summed E-state index contributed by atoms with van der Waals surface area (Å²) in [5.41, 5.74) is 0.350. The van der Waals surface area contributed by atoms with Crippen LogP contribution in [0, 0.1) is 12.8 Å². The van der Waals surface area contributed by atoms with Gasteiger partial charge < -0.3 is 14.6 Å². The van der Waals surface area contributed by atoms with Crippen LogP contribution in [0.15, 0.2) is 24.3 Å². The van der Waals surface area contributed by atoms with Crippen LogP contribution in [0.25, 0.3) is 0 Å². The molecule has 0 radical (unpaired) electrons. The van der Waals surface area contributed by atoms with E-state index in [9.17, 15) is 14.4 Å². The van der Waals surface area contributed by atoms with Gasteiger partial charge in [0.2, 0.25) is 5.60 Å². The van der Waals surface area contributed by atoms with Gasteiger partial charge >= 0.3 is 17.9 Å². The minimum atomic E-state index is -0.968. The summed E-state index contributed by atoms with van der Waals surface area (Å²) in [6, 6.07) is 6.70. The highest BCUT2D eigenvalue weighted by molar-refractivity contribution is 5.89. The van der Waals surface area contributed by atoms with Crippen molar-refractivity contribution < 1.29 is 29.0 Å². The van der Waals surface area contributed by atoms with E-state index in [1.807, 2.05) is 0 Å². The molecule has 0 aliphatic rings. The van der Waals surface area contributed by atoms with E-state index in [0.29, 0.717) is 18.6 Å². The van der Waals surface area contributed by atoms with Gasteiger partial charge in [-0.3, -0.25) is 9.59 Å². The normalized spacial score (nSPS) is 12.3.